The lowest BCUT2D eigenvalue weighted by molar-refractivity contribution is 0.222. The molecule has 0 bridgehead atoms. The van der Waals surface area contributed by atoms with Crippen LogP contribution in [0.3, 0.4) is 0 Å². The molecule has 1 heterocycles. The van der Waals surface area contributed by atoms with E-state index in [2.05, 4.69) is 47.5 Å². The molecule has 0 saturated carbocycles. The molecular weight excluding hydrogens is 244 g/mol. The average Bonchev–Trinajstić information content (AvgIpc) is 2.49. The summed E-state index contributed by atoms with van der Waals surface area (Å²) in [5.41, 5.74) is 1.47. The molecule has 0 radical (unpaired) electrons. The van der Waals surface area contributed by atoms with Crippen LogP contribution in [0.5, 0.6) is 0 Å². The lowest BCUT2D eigenvalue weighted by atomic mass is 10.0. The maximum Gasteiger partial charge on any atom is 0.0195 e. The quantitative estimate of drug-likeness (QED) is 0.781. The molecule has 1 aliphatic rings. The van der Waals surface area contributed by atoms with E-state index in [0.717, 1.165) is 6.04 Å². The minimum atomic E-state index is 0.729. The second kappa shape index (κ2) is 9.15. The van der Waals surface area contributed by atoms with Crippen molar-refractivity contribution in [2.45, 2.75) is 51.5 Å². The number of piperidine rings is 1. The number of rotatable bonds is 8. The number of hydrogen-bond donors (Lipinski definition) is 1. The van der Waals surface area contributed by atoms with Gasteiger partial charge in [-0.1, -0.05) is 43.7 Å². The van der Waals surface area contributed by atoms with Crippen LogP contribution in [0.4, 0.5) is 0 Å². The van der Waals surface area contributed by atoms with Gasteiger partial charge in [-0.15, -0.1) is 0 Å². The highest BCUT2D eigenvalue weighted by Crippen LogP contribution is 2.10. The summed E-state index contributed by atoms with van der Waals surface area (Å²) in [4.78, 5) is 2.66. The lowest BCUT2D eigenvalue weighted by Gasteiger charge is -2.30. The van der Waals surface area contributed by atoms with Crippen LogP contribution in [0, 0.1) is 0 Å². The molecule has 1 N–H and O–H groups in total. The van der Waals surface area contributed by atoms with Crippen LogP contribution in [0.25, 0.3) is 0 Å². The molecule has 112 valence electrons. The Morgan fingerprint density at radius 3 is 2.70 bits per heavy atom. The Hall–Kier alpha value is -0.860. The van der Waals surface area contributed by atoms with Gasteiger partial charge in [0.15, 0.2) is 0 Å². The van der Waals surface area contributed by atoms with Crippen molar-refractivity contribution in [3.8, 4) is 0 Å². The van der Waals surface area contributed by atoms with Crippen molar-refractivity contribution in [2.75, 3.05) is 26.2 Å². The zero-order valence-corrected chi connectivity index (χ0v) is 13.0. The first kappa shape index (κ1) is 15.5. The van der Waals surface area contributed by atoms with Gasteiger partial charge in [-0.2, -0.15) is 0 Å². The molecule has 1 aliphatic heterocycles. The van der Waals surface area contributed by atoms with Crippen molar-refractivity contribution in [3.05, 3.63) is 35.9 Å². The van der Waals surface area contributed by atoms with Gasteiger partial charge < -0.3 is 10.2 Å². The van der Waals surface area contributed by atoms with E-state index in [9.17, 15) is 0 Å². The lowest BCUT2D eigenvalue weighted by Crippen LogP contribution is -2.44. The minimum Gasteiger partial charge on any atom is -0.313 e. The first-order valence-electron chi connectivity index (χ1n) is 8.38. The average molecular weight is 274 g/mol. The summed E-state index contributed by atoms with van der Waals surface area (Å²) in [6.07, 6.45) is 7.87. The highest BCUT2D eigenvalue weighted by Gasteiger charge is 2.15. The molecule has 1 aromatic carbocycles. The fraction of sp³-hybridized carbons (Fsp3) is 0.667. The van der Waals surface area contributed by atoms with Gasteiger partial charge in [-0.05, 0) is 57.3 Å². The van der Waals surface area contributed by atoms with Gasteiger partial charge in [0.2, 0.25) is 0 Å². The summed E-state index contributed by atoms with van der Waals surface area (Å²) in [7, 11) is 0. The van der Waals surface area contributed by atoms with Crippen LogP contribution in [-0.2, 0) is 6.42 Å². The fourth-order valence-corrected chi connectivity index (χ4v) is 3.15. The Morgan fingerprint density at radius 1 is 1.15 bits per heavy atom. The molecule has 0 amide bonds. The normalized spacial score (nSPS) is 19.4. The second-order valence-corrected chi connectivity index (χ2v) is 6.04. The molecule has 1 saturated heterocycles. The van der Waals surface area contributed by atoms with Gasteiger partial charge in [-0.3, -0.25) is 0 Å². The van der Waals surface area contributed by atoms with Crippen molar-refractivity contribution in [3.63, 3.8) is 0 Å². The van der Waals surface area contributed by atoms with Crippen molar-refractivity contribution in [2.24, 2.45) is 0 Å². The van der Waals surface area contributed by atoms with E-state index in [1.165, 1.54) is 70.3 Å². The van der Waals surface area contributed by atoms with Crippen molar-refractivity contribution >= 4 is 0 Å². The molecule has 0 aliphatic carbocycles. The summed E-state index contributed by atoms with van der Waals surface area (Å²) in [6.45, 7) is 7.23. The fourth-order valence-electron chi connectivity index (χ4n) is 3.15. The number of hydrogen-bond acceptors (Lipinski definition) is 2. The maximum absolute atomic E-state index is 3.67. The largest absolute Gasteiger partial charge is 0.313 e. The molecule has 1 atom stereocenters. The molecule has 2 heteroatoms. The van der Waals surface area contributed by atoms with E-state index in [-0.39, 0.29) is 0 Å². The zero-order valence-electron chi connectivity index (χ0n) is 13.0. The van der Waals surface area contributed by atoms with Crippen LogP contribution in [-0.4, -0.2) is 37.1 Å². The number of aryl methyl sites for hydroxylation is 1. The SMILES string of the molecule is CCCN(CCCc1ccccc1)CC1CCCCN1. The van der Waals surface area contributed by atoms with Gasteiger partial charge >= 0.3 is 0 Å². The standard InChI is InChI=1S/C18H30N2/c1-2-14-20(16-18-12-6-7-13-19-18)15-8-11-17-9-4-3-5-10-17/h3-5,9-10,18-19H,2,6-8,11-16H2,1H3. The summed E-state index contributed by atoms with van der Waals surface area (Å²) in [6, 6.07) is 11.6. The summed E-state index contributed by atoms with van der Waals surface area (Å²) < 4.78 is 0. The highest BCUT2D eigenvalue weighted by molar-refractivity contribution is 5.14. The molecule has 20 heavy (non-hydrogen) atoms. The van der Waals surface area contributed by atoms with E-state index < -0.39 is 0 Å². The summed E-state index contributed by atoms with van der Waals surface area (Å²) in [5.74, 6) is 0. The molecule has 2 rings (SSSR count). The predicted octanol–water partition coefficient (Wildman–Crippen LogP) is 3.47. The van der Waals surface area contributed by atoms with E-state index in [4.69, 9.17) is 0 Å². The molecule has 2 nitrogen and oxygen atoms in total. The smallest absolute Gasteiger partial charge is 0.0195 e. The number of benzene rings is 1. The third kappa shape index (κ3) is 5.64. The molecule has 0 aromatic heterocycles. The summed E-state index contributed by atoms with van der Waals surface area (Å²) in [5, 5.41) is 3.67. The molecular formula is C18H30N2. The molecule has 1 aromatic rings. The van der Waals surface area contributed by atoms with Crippen LogP contribution in [0.1, 0.15) is 44.6 Å². The predicted molar refractivity (Wildman–Crippen MR) is 87.1 cm³/mol. The minimum absolute atomic E-state index is 0.729. The van der Waals surface area contributed by atoms with Crippen molar-refractivity contribution in [1.82, 2.24) is 10.2 Å². The van der Waals surface area contributed by atoms with Crippen LogP contribution in [0.15, 0.2) is 30.3 Å². The highest BCUT2D eigenvalue weighted by atomic mass is 15.1. The number of nitrogens with one attached hydrogen (secondary N) is 1. The van der Waals surface area contributed by atoms with E-state index >= 15 is 0 Å². The van der Waals surface area contributed by atoms with Gasteiger partial charge in [0.1, 0.15) is 0 Å². The molecule has 1 fully saturated rings. The van der Waals surface area contributed by atoms with Gasteiger partial charge in [0.05, 0.1) is 0 Å². The Labute approximate surface area is 124 Å². The van der Waals surface area contributed by atoms with Gasteiger partial charge in [-0.25, -0.2) is 0 Å². The van der Waals surface area contributed by atoms with Crippen LogP contribution in [0.2, 0.25) is 0 Å². The van der Waals surface area contributed by atoms with E-state index in [1.54, 1.807) is 0 Å². The third-order valence-corrected chi connectivity index (χ3v) is 4.21. The first-order valence-corrected chi connectivity index (χ1v) is 8.38. The zero-order chi connectivity index (χ0) is 14.0. The van der Waals surface area contributed by atoms with Gasteiger partial charge in [0, 0.05) is 12.6 Å². The Kier molecular flexibility index (Phi) is 7.10. The molecule has 1 unspecified atom stereocenters. The number of nitrogens with zero attached hydrogens (tertiary/aromatic N) is 1. The maximum atomic E-state index is 3.67. The van der Waals surface area contributed by atoms with Crippen molar-refractivity contribution < 1.29 is 0 Å². The van der Waals surface area contributed by atoms with Crippen molar-refractivity contribution in [1.29, 1.82) is 0 Å². The van der Waals surface area contributed by atoms with Gasteiger partial charge in [0.25, 0.3) is 0 Å². The Bertz CT molecular complexity index is 344. The van der Waals surface area contributed by atoms with Crippen LogP contribution < -0.4 is 5.32 Å². The summed E-state index contributed by atoms with van der Waals surface area (Å²) >= 11 is 0. The molecule has 0 spiro atoms. The third-order valence-electron chi connectivity index (χ3n) is 4.21. The van der Waals surface area contributed by atoms with E-state index in [0.29, 0.717) is 0 Å². The first-order chi connectivity index (χ1) is 9.88. The Balaban J connectivity index is 1.71. The topological polar surface area (TPSA) is 15.3 Å². The monoisotopic (exact) mass is 274 g/mol. The van der Waals surface area contributed by atoms with Crippen LogP contribution >= 0.6 is 0 Å². The van der Waals surface area contributed by atoms with E-state index in [1.807, 2.05) is 0 Å². The second-order valence-electron chi connectivity index (χ2n) is 6.04. The Morgan fingerprint density at radius 2 is 2.00 bits per heavy atom.